The van der Waals surface area contributed by atoms with Crippen molar-refractivity contribution >= 4 is 65.1 Å². The van der Waals surface area contributed by atoms with Crippen LogP contribution >= 0.6 is 0 Å². The number of carbonyl (C=O) groups excluding carboxylic acids is 8. The molecule has 28 nitrogen and oxygen atoms in total. The molecule has 0 saturated carbocycles. The number of hydrogen-bond donors (Lipinski definition) is 20. The van der Waals surface area contributed by atoms with E-state index >= 15 is 0 Å². The summed E-state index contributed by atoms with van der Waals surface area (Å²) in [4.78, 5) is 114. The summed E-state index contributed by atoms with van der Waals surface area (Å²) in [5.41, 5.74) is 39.5. The Labute approximate surface area is 524 Å². The minimum Gasteiger partial charge on any atom is -0.379 e. The molecule has 0 aliphatic carbocycles. The topological polar surface area (TPSA) is 497 Å². The van der Waals surface area contributed by atoms with E-state index in [1.165, 1.54) is 0 Å². The number of benzene rings is 4. The Bertz CT molecular complexity index is 3050. The van der Waals surface area contributed by atoms with Gasteiger partial charge in [-0.1, -0.05) is 134 Å². The summed E-state index contributed by atoms with van der Waals surface area (Å²) in [5.74, 6) is -7.08. The van der Waals surface area contributed by atoms with Crippen molar-refractivity contribution in [3.63, 3.8) is 0 Å². The van der Waals surface area contributed by atoms with Gasteiger partial charge in [-0.15, -0.1) is 0 Å². The Balaban J connectivity index is 1.70. The van der Waals surface area contributed by atoms with Crippen molar-refractivity contribution in [2.24, 2.45) is 34.4 Å². The number of rotatable bonds is 40. The number of amides is 8. The van der Waals surface area contributed by atoms with E-state index in [9.17, 15) is 38.4 Å². The highest BCUT2D eigenvalue weighted by molar-refractivity contribution is 5.98. The molecule has 8 amide bonds. The van der Waals surface area contributed by atoms with Crippen LogP contribution in [0.15, 0.2) is 139 Å². The number of primary amides is 1. The second-order valence-corrected chi connectivity index (χ2v) is 21.3. The van der Waals surface area contributed by atoms with Crippen LogP contribution in [0.4, 0.5) is 0 Å². The zero-order chi connectivity index (χ0) is 65.8. The fraction of sp³-hybridized carbons (Fsp3) is 0.387. The number of hydrogen-bond acceptors (Lipinski definition) is 14. The molecule has 0 aromatic heterocycles. The molecule has 26 N–H and O–H groups in total. The molecular formula is C62H88N20O8. The average molecular weight is 1240 g/mol. The third-order valence-corrected chi connectivity index (χ3v) is 14.1. The zero-order valence-corrected chi connectivity index (χ0v) is 50.4. The van der Waals surface area contributed by atoms with E-state index in [1.807, 2.05) is 0 Å². The van der Waals surface area contributed by atoms with E-state index in [4.69, 9.17) is 50.6 Å². The summed E-state index contributed by atoms with van der Waals surface area (Å²) in [6.07, 6.45) is 0.773. The lowest BCUT2D eigenvalue weighted by atomic mass is 10.0. The predicted octanol–water partition coefficient (Wildman–Crippen LogP) is -2.09. The SMILES string of the molecule is C=C=C(N)NCCC[C@H](NC(=O)[C@H](Cc1ccccc1)NC(=O)[C@H](CCCNC(=N)N)NC(=O)[C@H](Cc1ccccc1)NC(=O)[C@@H](N)CCCNC(=N)N)C(=O)N[C@@H](Cc1ccccc1)C(=O)N[C@@H](CCCNC(=N)N)C(=O)N[C@@H](Cc1ccccc1)C(N)=O. The molecule has 4 rings (SSSR count). The summed E-state index contributed by atoms with van der Waals surface area (Å²) >= 11 is 0. The van der Waals surface area contributed by atoms with E-state index in [0.717, 1.165) is 0 Å². The van der Waals surface area contributed by atoms with Gasteiger partial charge >= 0.3 is 0 Å². The molecule has 0 spiro atoms. The van der Waals surface area contributed by atoms with Crippen LogP contribution < -0.4 is 92.9 Å². The van der Waals surface area contributed by atoms with Gasteiger partial charge in [0.05, 0.1) is 6.04 Å². The fourth-order valence-corrected chi connectivity index (χ4v) is 9.30. The third-order valence-electron chi connectivity index (χ3n) is 14.1. The van der Waals surface area contributed by atoms with Crippen LogP contribution in [0.5, 0.6) is 0 Å². The third kappa shape index (κ3) is 27.9. The van der Waals surface area contributed by atoms with Gasteiger partial charge in [-0.25, -0.2) is 0 Å². The Morgan fingerprint density at radius 2 is 0.600 bits per heavy atom. The Kier molecular flexibility index (Phi) is 31.5. The molecule has 484 valence electrons. The maximum atomic E-state index is 15.0. The smallest absolute Gasteiger partial charge is 0.243 e. The summed E-state index contributed by atoms with van der Waals surface area (Å²) in [5, 5.41) is 52.9. The van der Waals surface area contributed by atoms with Crippen molar-refractivity contribution in [3.05, 3.63) is 162 Å². The Hall–Kier alpha value is -10.5. The van der Waals surface area contributed by atoms with Crippen LogP contribution in [0.3, 0.4) is 0 Å². The fourth-order valence-electron chi connectivity index (χ4n) is 9.30. The van der Waals surface area contributed by atoms with Crippen LogP contribution in [-0.2, 0) is 64.0 Å². The van der Waals surface area contributed by atoms with Crippen LogP contribution in [0.25, 0.3) is 0 Å². The summed E-state index contributed by atoms with van der Waals surface area (Å²) in [6, 6.07) is 24.6. The van der Waals surface area contributed by atoms with Crippen molar-refractivity contribution in [1.29, 1.82) is 16.2 Å². The van der Waals surface area contributed by atoms with Gasteiger partial charge in [-0.05, 0) is 73.6 Å². The van der Waals surface area contributed by atoms with Crippen LogP contribution in [0.2, 0.25) is 0 Å². The first kappa shape index (κ1) is 72.0. The molecular weight excluding hydrogens is 1150 g/mol. The van der Waals surface area contributed by atoms with Gasteiger partial charge in [-0.3, -0.25) is 54.6 Å². The maximum absolute atomic E-state index is 15.0. The summed E-state index contributed by atoms with van der Waals surface area (Å²) in [6.45, 7) is 4.24. The van der Waals surface area contributed by atoms with Crippen molar-refractivity contribution in [3.8, 4) is 0 Å². The standard InChI is InChI=1S/C62H88N20O8/c1-2-51(64)72-31-16-28-45(55(86)81-49(37-41-23-11-5-12-24-41)58(89)76-44(29-17-33-74-61(68)69)54(85)79-47(52(65)83)35-39-19-7-3-8-20-39)78-59(90)50(38-42-25-13-6-14-26-42)82-56(87)46(30-18-34-75-62(70)71)77-57(88)48(36-40-21-9-4-10-22-40)80-53(84)43(63)27-15-32-73-60(66)67/h3-14,19-26,43-50,72H,1,15-18,27-38,63-64H2,(H2,65,83)(H,76,89)(H,77,88)(H,78,90)(H,79,85)(H,80,84)(H,81,86)(H,82,87)(H4,66,67,73)(H4,68,69,74)(H4,70,71,75)/t43-,44-,45-,46-,47-,48-,49-,50-/m0/s1. The molecule has 8 atom stereocenters. The van der Waals surface area contributed by atoms with Crippen LogP contribution in [-0.4, -0.2) is 140 Å². The van der Waals surface area contributed by atoms with Gasteiger partial charge in [-0.2, -0.15) is 0 Å². The van der Waals surface area contributed by atoms with Gasteiger partial charge in [0, 0.05) is 51.9 Å². The van der Waals surface area contributed by atoms with E-state index in [1.54, 1.807) is 121 Å². The molecule has 90 heavy (non-hydrogen) atoms. The molecule has 0 fully saturated rings. The highest BCUT2D eigenvalue weighted by Gasteiger charge is 2.35. The van der Waals surface area contributed by atoms with E-state index in [0.29, 0.717) is 28.7 Å². The van der Waals surface area contributed by atoms with Crippen molar-refractivity contribution < 1.29 is 38.4 Å². The minimum absolute atomic E-state index is 0.0119. The number of nitrogens with two attached hydrogens (primary N) is 6. The zero-order valence-electron chi connectivity index (χ0n) is 50.4. The normalized spacial score (nSPS) is 13.3. The van der Waals surface area contributed by atoms with Gasteiger partial charge < -0.3 is 92.9 Å². The molecule has 4 aromatic carbocycles. The van der Waals surface area contributed by atoms with E-state index in [-0.39, 0.29) is 121 Å². The van der Waals surface area contributed by atoms with Crippen LogP contribution in [0.1, 0.15) is 73.6 Å². The second kappa shape index (κ2) is 39.3. The average Bonchev–Trinajstić information content (AvgIpc) is 3.31. The van der Waals surface area contributed by atoms with Gasteiger partial charge in [0.1, 0.15) is 48.1 Å². The minimum atomic E-state index is -1.43. The molecule has 0 unspecified atom stereocenters. The highest BCUT2D eigenvalue weighted by atomic mass is 16.2. The Morgan fingerprint density at radius 1 is 0.356 bits per heavy atom. The molecule has 0 heterocycles. The molecule has 0 radical (unpaired) electrons. The number of nitrogens with one attached hydrogen (secondary N) is 14. The monoisotopic (exact) mass is 1240 g/mol. The first-order valence-corrected chi connectivity index (χ1v) is 29.6. The predicted molar refractivity (Wildman–Crippen MR) is 343 cm³/mol. The second-order valence-electron chi connectivity index (χ2n) is 21.3. The highest BCUT2D eigenvalue weighted by Crippen LogP contribution is 2.13. The lowest BCUT2D eigenvalue weighted by Gasteiger charge is -2.28. The Morgan fingerprint density at radius 3 is 0.889 bits per heavy atom. The molecule has 0 bridgehead atoms. The molecule has 4 aromatic rings. The lowest BCUT2D eigenvalue weighted by Crippen LogP contribution is -2.61. The van der Waals surface area contributed by atoms with Gasteiger partial charge in [0.25, 0.3) is 0 Å². The molecule has 0 aliphatic heterocycles. The van der Waals surface area contributed by atoms with Gasteiger partial charge in [0.2, 0.25) is 47.3 Å². The first-order chi connectivity index (χ1) is 43.1. The number of guanidine groups is 3. The lowest BCUT2D eigenvalue weighted by molar-refractivity contribution is -0.135. The first-order valence-electron chi connectivity index (χ1n) is 29.6. The maximum Gasteiger partial charge on any atom is 0.243 e. The number of carbonyl (C=O) groups is 8. The van der Waals surface area contributed by atoms with E-state index in [2.05, 4.69) is 70.8 Å². The van der Waals surface area contributed by atoms with Gasteiger partial charge in [0.15, 0.2) is 17.9 Å². The summed E-state index contributed by atoms with van der Waals surface area (Å²) in [7, 11) is 0. The van der Waals surface area contributed by atoms with Crippen molar-refractivity contribution in [2.45, 2.75) is 125 Å². The largest absolute Gasteiger partial charge is 0.379 e. The quantitative estimate of drug-likeness (QED) is 0.00982. The molecule has 28 heteroatoms. The van der Waals surface area contributed by atoms with Crippen molar-refractivity contribution in [2.75, 3.05) is 26.2 Å². The van der Waals surface area contributed by atoms with Crippen LogP contribution in [0, 0.1) is 16.2 Å². The van der Waals surface area contributed by atoms with E-state index < -0.39 is 95.6 Å². The summed E-state index contributed by atoms with van der Waals surface area (Å²) < 4.78 is 0. The molecule has 0 saturated heterocycles. The van der Waals surface area contributed by atoms with Crippen molar-refractivity contribution in [1.82, 2.24) is 58.5 Å². The molecule has 0 aliphatic rings.